The van der Waals surface area contributed by atoms with Crippen LogP contribution in [0, 0.1) is 92.6 Å². The van der Waals surface area contributed by atoms with Crippen LogP contribution in [0.3, 0.4) is 0 Å². The first-order valence-electron chi connectivity index (χ1n) is 38.9. The number of aromatic nitrogens is 10. The summed E-state index contributed by atoms with van der Waals surface area (Å²) in [6.45, 7) is 32.7. The molecule has 0 saturated heterocycles. The molecule has 0 fully saturated rings. The summed E-state index contributed by atoms with van der Waals surface area (Å²) in [4.78, 5) is 32.0. The van der Waals surface area contributed by atoms with Crippen molar-refractivity contribution in [3.63, 3.8) is 0 Å². The predicted octanol–water partition coefficient (Wildman–Crippen LogP) is 19.2. The van der Waals surface area contributed by atoms with E-state index in [0.717, 1.165) is 69.0 Å². The Hall–Kier alpha value is -13.9. The molecule has 12 rings (SSSR count). The summed E-state index contributed by atoms with van der Waals surface area (Å²) < 4.78 is 1.73. The van der Waals surface area contributed by atoms with Crippen LogP contribution in [0.2, 0.25) is 74.1 Å². The molecule has 0 aliphatic heterocycles. The van der Waals surface area contributed by atoms with E-state index in [1.165, 1.54) is 24.6 Å². The SMILES string of the molecule is C#C[Si](C)(C)C.C#Cc1cc(-c2cccc(C#N)c2)cc(N)n1.CC.CCC.CCc1cccc(CN=[N+]=[N-])n1.CCc1cccc(Cn2cc(-c3cc(-c4cccc(C#N)c4)cc(N)n3)nn2)n1.C[Si](C)(C)C#Cc1cc(-c2cccc(C#N)c2)cc(N)n1.C[Si](C)(C)C#Cc1cc(Cl)cc(N)n1.N#Cc1cccc(B(O)O)c1.Nc1cc(Cl)cc(Cl)n1. The lowest BCUT2D eigenvalue weighted by Gasteiger charge is -2.06. The molecular weight excluding hydrogens is 1660 g/mol. The molecule has 0 amide bonds. The first-order chi connectivity index (χ1) is 58.9. The number of halogens is 3. The van der Waals surface area contributed by atoms with Crippen molar-refractivity contribution in [3.05, 3.63) is 288 Å². The van der Waals surface area contributed by atoms with Gasteiger partial charge in [-0.3, -0.25) is 9.97 Å². The van der Waals surface area contributed by atoms with Gasteiger partial charge in [0.2, 0.25) is 0 Å². The topological polar surface area (TPSA) is 435 Å². The third-order valence-corrected chi connectivity index (χ3v) is 18.2. The third kappa shape index (κ3) is 41.9. The highest BCUT2D eigenvalue weighted by molar-refractivity contribution is 6.84. The van der Waals surface area contributed by atoms with Crippen molar-refractivity contribution in [1.29, 1.82) is 21.0 Å². The fourth-order valence-corrected chi connectivity index (χ4v) is 11.2. The number of nitrogens with two attached hydrogens (primary N) is 5. The van der Waals surface area contributed by atoms with Crippen molar-refractivity contribution >= 4 is 101 Å². The second kappa shape index (κ2) is 54.4. The number of azide groups is 1. The molecule has 4 aromatic carbocycles. The van der Waals surface area contributed by atoms with Gasteiger partial charge < -0.3 is 38.7 Å². The Morgan fingerprint density at radius 1 is 0.452 bits per heavy atom. The fraction of sp³-hybridized carbons (Fsp3) is 0.215. The molecule has 0 saturated carbocycles. The van der Waals surface area contributed by atoms with Crippen molar-refractivity contribution < 1.29 is 10.0 Å². The molecule has 8 heterocycles. The summed E-state index contributed by atoms with van der Waals surface area (Å²) in [5.41, 5.74) is 60.6. The summed E-state index contributed by atoms with van der Waals surface area (Å²) in [7, 11) is -5.41. The molecule has 0 atom stereocenters. The number of rotatable bonds is 11. The number of anilines is 5. The quantitative estimate of drug-likeness (QED) is 0.0158. The van der Waals surface area contributed by atoms with Crippen LogP contribution in [-0.4, -0.2) is 91.3 Å². The number of nitrogens with zero attached hydrogens (tertiary/aromatic N) is 17. The summed E-state index contributed by atoms with van der Waals surface area (Å²) in [6, 6.07) is 65.5. The van der Waals surface area contributed by atoms with Gasteiger partial charge in [0.05, 0.1) is 77.2 Å². The number of nitrogen functional groups attached to an aromatic ring is 5. The lowest BCUT2D eigenvalue weighted by atomic mass is 9.80. The van der Waals surface area contributed by atoms with E-state index in [9.17, 15) is 0 Å². The van der Waals surface area contributed by atoms with Crippen LogP contribution >= 0.6 is 34.8 Å². The molecule has 31 heteroatoms. The number of aryl methyl sites for hydroxylation is 2. The molecule has 0 radical (unpaired) electrons. The molecule has 12 N–H and O–H groups in total. The summed E-state index contributed by atoms with van der Waals surface area (Å²) >= 11 is 16.8. The molecule has 8 aromatic heterocycles. The smallest absolute Gasteiger partial charge is 0.423 e. The van der Waals surface area contributed by atoms with E-state index in [-0.39, 0.29) is 0 Å². The largest absolute Gasteiger partial charge is 0.488 e. The lowest BCUT2D eigenvalue weighted by molar-refractivity contribution is 0.425. The molecule has 12 aromatic rings. The van der Waals surface area contributed by atoms with Gasteiger partial charge in [-0.05, 0) is 191 Å². The van der Waals surface area contributed by atoms with Gasteiger partial charge in [-0.1, -0.05) is 230 Å². The maximum atomic E-state index is 9.14. The van der Waals surface area contributed by atoms with Gasteiger partial charge in [0, 0.05) is 32.0 Å². The Morgan fingerprint density at radius 3 is 1.24 bits per heavy atom. The standard InChI is InChI=1S/C22H19N7.C17H17N3Si.C14H9N3.C10H13ClN2Si.C8H10N4.C7H6BNO2.C5H4Cl2N2.C5H10Si.C3H8.C2H6/c1-2-18-7-4-8-19(25-18)13-29-14-21(27-28-29)20-10-17(11-22(24)26-20)16-6-3-5-15(9-16)12-23;1-21(2,3)8-7-16-10-15(11-17(19)20-16)14-6-4-5-13(9-14)12-18;1-2-13-7-12(8-14(16)17-13)11-5-3-4-10(6-11)9-15;1-14(2,3)5-4-9-6-8(11)7-10(12)13-9;1-2-7-4-3-5-8(11-7)6-10-12-9;9-5-6-2-1-3-7(4-6)8(10)11;6-3-1-4(7)9-5(8)2-3;1-5-6(2,3)4;1-3-2;1-2/h3-11,14H,2,13H2,1H3,(H2,24,26);4-6,9-11H,1-3H3,(H2,19,20);1,3-8H,(H2,16,17);6-7H,1-3H3,(H2,12,13);3-5H,2,6H2,1H3;1-4,10-11H;1-2H,(H2,8,9);1H,2-4H3;3H2,1-2H3;1-2H3. The normalized spacial score (nSPS) is 9.76. The maximum absolute atomic E-state index is 9.14. The van der Waals surface area contributed by atoms with Crippen LogP contribution < -0.4 is 34.1 Å². The van der Waals surface area contributed by atoms with Gasteiger partial charge in [0.15, 0.2) is 0 Å². The van der Waals surface area contributed by atoms with Crippen LogP contribution in [0.15, 0.2) is 205 Å². The van der Waals surface area contributed by atoms with Gasteiger partial charge in [-0.25, -0.2) is 29.6 Å². The fourth-order valence-electron chi connectivity index (χ4n) is 9.46. The zero-order valence-electron chi connectivity index (χ0n) is 72.3. The van der Waals surface area contributed by atoms with E-state index in [1.54, 1.807) is 83.5 Å². The van der Waals surface area contributed by atoms with E-state index < -0.39 is 31.3 Å². The summed E-state index contributed by atoms with van der Waals surface area (Å²) in [6.07, 6.45) is 15.3. The van der Waals surface area contributed by atoms with Crippen LogP contribution in [0.4, 0.5) is 29.1 Å². The lowest BCUT2D eigenvalue weighted by Crippen LogP contribution is -2.29. The van der Waals surface area contributed by atoms with E-state index >= 15 is 0 Å². The van der Waals surface area contributed by atoms with E-state index in [2.05, 4.69) is 188 Å². The van der Waals surface area contributed by atoms with Gasteiger partial charge in [0.25, 0.3) is 0 Å². The monoisotopic (exact) mass is 1760 g/mol. The highest BCUT2D eigenvalue weighted by Gasteiger charge is 2.15. The molecule has 0 aliphatic rings. The van der Waals surface area contributed by atoms with Crippen LogP contribution in [0.25, 0.3) is 55.2 Å². The Labute approximate surface area is 747 Å². The van der Waals surface area contributed by atoms with E-state index in [0.29, 0.717) is 114 Å². The van der Waals surface area contributed by atoms with Gasteiger partial charge >= 0.3 is 7.12 Å². The number of hydrogen-bond donors (Lipinski definition) is 7. The molecular formula is C93H102BCl3N22O2Si3. The van der Waals surface area contributed by atoms with Gasteiger partial charge in [-0.15, -0.1) is 34.6 Å². The number of pyridine rings is 7. The highest BCUT2D eigenvalue weighted by Crippen LogP contribution is 2.29. The molecule has 0 aliphatic carbocycles. The second-order valence-electron chi connectivity index (χ2n) is 29.2. The minimum absolute atomic E-state index is 0.319. The Morgan fingerprint density at radius 2 is 0.831 bits per heavy atom. The summed E-state index contributed by atoms with van der Waals surface area (Å²) in [5, 5.41) is 66.1. The molecule has 0 spiro atoms. The van der Waals surface area contributed by atoms with Crippen molar-refractivity contribution in [3.8, 4) is 116 Å². The number of nitriles is 4. The molecule has 0 bridgehead atoms. The Balaban J connectivity index is 0.000000377. The first-order valence-corrected chi connectivity index (χ1v) is 50.5. The number of terminal acetylenes is 2. The molecule has 24 nitrogen and oxygen atoms in total. The zero-order valence-corrected chi connectivity index (χ0v) is 77.6. The number of benzene rings is 4. The maximum Gasteiger partial charge on any atom is 0.488 e. The van der Waals surface area contributed by atoms with Gasteiger partial charge in [-0.2, -0.15) is 21.0 Å². The highest BCUT2D eigenvalue weighted by atomic mass is 35.5. The van der Waals surface area contributed by atoms with E-state index in [1.807, 2.05) is 130 Å². The molecule has 632 valence electrons. The van der Waals surface area contributed by atoms with Crippen molar-refractivity contribution in [2.75, 3.05) is 28.7 Å². The van der Waals surface area contributed by atoms with Crippen molar-refractivity contribution in [1.82, 2.24) is 49.9 Å². The average molecular weight is 1760 g/mol. The minimum Gasteiger partial charge on any atom is -0.423 e. The van der Waals surface area contributed by atoms with Crippen LogP contribution in [-0.2, 0) is 25.9 Å². The number of hydrogen-bond acceptors (Lipinski definition) is 21. The second-order valence-corrected chi connectivity index (χ2v) is 44.7. The van der Waals surface area contributed by atoms with Crippen molar-refractivity contribution in [2.45, 2.75) is 133 Å². The minimum atomic E-state index is -1.50. The van der Waals surface area contributed by atoms with E-state index in [4.69, 9.17) is 113 Å². The zero-order chi connectivity index (χ0) is 92.5. The predicted molar refractivity (Wildman–Crippen MR) is 516 cm³/mol. The van der Waals surface area contributed by atoms with Crippen LogP contribution in [0.1, 0.15) is 110 Å². The van der Waals surface area contributed by atoms with Gasteiger partial charge in [0.1, 0.15) is 81.2 Å². The van der Waals surface area contributed by atoms with Crippen LogP contribution in [0.5, 0.6) is 0 Å². The Kier molecular flexibility index (Phi) is 45.7. The average Bonchev–Trinajstić information content (AvgIpc) is 1.53. The molecule has 124 heavy (non-hydrogen) atoms. The summed E-state index contributed by atoms with van der Waals surface area (Å²) in [5.74, 6) is 10.5. The third-order valence-electron chi connectivity index (χ3n) is 15.0. The molecule has 0 unspecified atom stereocenters. The first kappa shape index (κ1) is 104. The Bertz CT molecular complexity index is 5890. The van der Waals surface area contributed by atoms with Crippen molar-refractivity contribution in [2.24, 2.45) is 5.11 Å².